The minimum atomic E-state index is -0.00608. The number of nitrogens with two attached hydrogens (primary N) is 1. The number of hydrogen-bond donors (Lipinski definition) is 4. The lowest BCUT2D eigenvalue weighted by Gasteiger charge is -2.05. The third kappa shape index (κ3) is 3.37. The molecule has 0 bridgehead atoms. The van der Waals surface area contributed by atoms with Crippen LogP contribution in [0.5, 0.6) is 0 Å². The van der Waals surface area contributed by atoms with Gasteiger partial charge in [-0.25, -0.2) is 0 Å². The van der Waals surface area contributed by atoms with Crippen LogP contribution >= 0.6 is 0 Å². The van der Waals surface area contributed by atoms with Crippen molar-refractivity contribution in [2.24, 2.45) is 5.73 Å². The molecule has 5 N–H and O–H groups in total. The average molecular weight is 176 g/mol. The smallest absolute Gasteiger partial charge is 0.105 e. The van der Waals surface area contributed by atoms with Crippen molar-refractivity contribution in [3.63, 3.8) is 0 Å². The maximum Gasteiger partial charge on any atom is 0.105 e. The molecule has 0 aromatic heterocycles. The Hall–Kier alpha value is -1.84. The number of benzene rings is 1. The van der Waals surface area contributed by atoms with Gasteiger partial charge in [0.15, 0.2) is 0 Å². The number of para-hydroxylation sites is 1. The van der Waals surface area contributed by atoms with Gasteiger partial charge in [-0.3, -0.25) is 10.8 Å². The van der Waals surface area contributed by atoms with Gasteiger partial charge in [0.1, 0.15) is 5.84 Å². The van der Waals surface area contributed by atoms with Gasteiger partial charge in [-0.2, -0.15) is 0 Å². The molecule has 0 amide bonds. The highest BCUT2D eigenvalue weighted by Gasteiger charge is 1.98. The maximum atomic E-state index is 7.42. The number of amidine groups is 2. The lowest BCUT2D eigenvalue weighted by Crippen LogP contribution is -2.20. The summed E-state index contributed by atoms with van der Waals surface area (Å²) in [6.45, 7) is 0. The van der Waals surface area contributed by atoms with Crippen molar-refractivity contribution in [2.75, 3.05) is 5.32 Å². The molecule has 0 aliphatic heterocycles. The van der Waals surface area contributed by atoms with Crippen molar-refractivity contribution in [2.45, 2.75) is 6.42 Å². The third-order valence-corrected chi connectivity index (χ3v) is 1.44. The molecule has 0 aliphatic carbocycles. The van der Waals surface area contributed by atoms with E-state index in [4.69, 9.17) is 16.6 Å². The number of rotatable bonds is 3. The standard InChI is InChI=1S/C9H12N4/c10-8(11)6-9(12)13-7-4-2-1-3-5-7/h1-5H,6H2,(H3,10,11)(H2,12,13). The van der Waals surface area contributed by atoms with Crippen LogP contribution in [-0.4, -0.2) is 11.7 Å². The average Bonchev–Trinajstić information content (AvgIpc) is 2.04. The van der Waals surface area contributed by atoms with E-state index >= 15 is 0 Å². The molecule has 1 rings (SSSR count). The van der Waals surface area contributed by atoms with E-state index in [1.54, 1.807) is 0 Å². The third-order valence-electron chi connectivity index (χ3n) is 1.44. The predicted molar refractivity (Wildman–Crippen MR) is 54.3 cm³/mol. The molecule has 4 heteroatoms. The molecule has 0 spiro atoms. The number of hydrogen-bond acceptors (Lipinski definition) is 2. The lowest BCUT2D eigenvalue weighted by molar-refractivity contribution is 1.30. The van der Waals surface area contributed by atoms with Crippen LogP contribution < -0.4 is 11.1 Å². The van der Waals surface area contributed by atoms with E-state index in [1.807, 2.05) is 30.3 Å². The van der Waals surface area contributed by atoms with Crippen molar-refractivity contribution < 1.29 is 0 Å². The Bertz CT molecular complexity index is 305. The zero-order valence-electron chi connectivity index (χ0n) is 7.17. The Balaban J connectivity index is 2.50. The van der Waals surface area contributed by atoms with Crippen LogP contribution in [0, 0.1) is 10.8 Å². The Morgan fingerprint density at radius 3 is 2.38 bits per heavy atom. The van der Waals surface area contributed by atoms with Gasteiger partial charge < -0.3 is 11.1 Å². The molecule has 68 valence electrons. The molecule has 0 saturated heterocycles. The second kappa shape index (κ2) is 4.25. The van der Waals surface area contributed by atoms with Gasteiger partial charge in [0.05, 0.1) is 12.3 Å². The van der Waals surface area contributed by atoms with Gasteiger partial charge in [-0.1, -0.05) is 18.2 Å². The summed E-state index contributed by atoms with van der Waals surface area (Å²) in [4.78, 5) is 0. The van der Waals surface area contributed by atoms with Crippen molar-refractivity contribution >= 4 is 17.4 Å². The van der Waals surface area contributed by atoms with Crippen LogP contribution in [0.15, 0.2) is 30.3 Å². The van der Waals surface area contributed by atoms with E-state index < -0.39 is 0 Å². The lowest BCUT2D eigenvalue weighted by atomic mass is 10.3. The Morgan fingerprint density at radius 1 is 1.23 bits per heavy atom. The summed E-state index contributed by atoms with van der Waals surface area (Å²) < 4.78 is 0. The molecule has 0 fully saturated rings. The second-order valence-electron chi connectivity index (χ2n) is 2.67. The van der Waals surface area contributed by atoms with Crippen LogP contribution in [0.4, 0.5) is 5.69 Å². The molecule has 0 atom stereocenters. The van der Waals surface area contributed by atoms with Crippen LogP contribution in [0.1, 0.15) is 6.42 Å². The summed E-state index contributed by atoms with van der Waals surface area (Å²) in [5.41, 5.74) is 5.99. The van der Waals surface area contributed by atoms with E-state index in [2.05, 4.69) is 5.32 Å². The van der Waals surface area contributed by atoms with Gasteiger partial charge >= 0.3 is 0 Å². The number of anilines is 1. The van der Waals surface area contributed by atoms with Crippen LogP contribution in [0.25, 0.3) is 0 Å². The summed E-state index contributed by atoms with van der Waals surface area (Å²) in [7, 11) is 0. The van der Waals surface area contributed by atoms with Gasteiger partial charge in [-0.05, 0) is 12.1 Å². The molecule has 0 aliphatic rings. The molecule has 1 aromatic carbocycles. The van der Waals surface area contributed by atoms with E-state index in [9.17, 15) is 0 Å². The SMILES string of the molecule is N=C(N)CC(=N)Nc1ccccc1. The highest BCUT2D eigenvalue weighted by molar-refractivity contribution is 6.05. The Kier molecular flexibility index (Phi) is 3.03. The summed E-state index contributed by atoms with van der Waals surface area (Å²) in [6, 6.07) is 9.37. The normalized spacial score (nSPS) is 9.23. The monoisotopic (exact) mass is 176 g/mol. The summed E-state index contributed by atoms with van der Waals surface area (Å²) in [6.07, 6.45) is 0.162. The maximum absolute atomic E-state index is 7.42. The molecular weight excluding hydrogens is 164 g/mol. The first-order chi connectivity index (χ1) is 6.18. The largest absolute Gasteiger partial charge is 0.387 e. The fraction of sp³-hybridized carbons (Fsp3) is 0.111. The second-order valence-corrected chi connectivity index (χ2v) is 2.67. The van der Waals surface area contributed by atoms with Crippen LogP contribution in [-0.2, 0) is 0 Å². The molecule has 0 radical (unpaired) electrons. The first-order valence-corrected chi connectivity index (χ1v) is 3.91. The molecule has 0 heterocycles. The molecule has 1 aromatic rings. The van der Waals surface area contributed by atoms with Gasteiger partial charge in [0.25, 0.3) is 0 Å². The van der Waals surface area contributed by atoms with Crippen LogP contribution in [0.2, 0.25) is 0 Å². The fourth-order valence-electron chi connectivity index (χ4n) is 0.930. The van der Waals surface area contributed by atoms with E-state index in [0.29, 0.717) is 0 Å². The fourth-order valence-corrected chi connectivity index (χ4v) is 0.930. The molecule has 13 heavy (non-hydrogen) atoms. The first kappa shape index (κ1) is 9.25. The molecule has 0 unspecified atom stereocenters. The minimum Gasteiger partial charge on any atom is -0.387 e. The zero-order valence-corrected chi connectivity index (χ0v) is 7.17. The van der Waals surface area contributed by atoms with Gasteiger partial charge in [0, 0.05) is 5.69 Å². The van der Waals surface area contributed by atoms with Crippen molar-refractivity contribution in [3.05, 3.63) is 30.3 Å². The molecule has 0 saturated carbocycles. The van der Waals surface area contributed by atoms with E-state index in [-0.39, 0.29) is 18.1 Å². The van der Waals surface area contributed by atoms with Crippen LogP contribution in [0.3, 0.4) is 0 Å². The van der Waals surface area contributed by atoms with E-state index in [1.165, 1.54) is 0 Å². The predicted octanol–water partition coefficient (Wildman–Crippen LogP) is 1.40. The zero-order chi connectivity index (χ0) is 9.68. The van der Waals surface area contributed by atoms with Crippen molar-refractivity contribution in [1.82, 2.24) is 0 Å². The first-order valence-electron chi connectivity index (χ1n) is 3.91. The van der Waals surface area contributed by atoms with Gasteiger partial charge in [-0.15, -0.1) is 0 Å². The minimum absolute atomic E-state index is 0.00608. The topological polar surface area (TPSA) is 85.8 Å². The Morgan fingerprint density at radius 2 is 1.85 bits per heavy atom. The highest BCUT2D eigenvalue weighted by Crippen LogP contribution is 2.04. The van der Waals surface area contributed by atoms with Crippen molar-refractivity contribution in [1.29, 1.82) is 10.8 Å². The summed E-state index contributed by atoms with van der Waals surface area (Å²) >= 11 is 0. The number of nitrogens with one attached hydrogen (secondary N) is 3. The molecule has 4 nitrogen and oxygen atoms in total. The van der Waals surface area contributed by atoms with E-state index in [0.717, 1.165) is 5.69 Å². The van der Waals surface area contributed by atoms with Gasteiger partial charge in [0.2, 0.25) is 0 Å². The summed E-state index contributed by atoms with van der Waals surface area (Å²) in [5, 5.41) is 17.2. The Labute approximate surface area is 76.8 Å². The van der Waals surface area contributed by atoms with Crippen molar-refractivity contribution in [3.8, 4) is 0 Å². The summed E-state index contributed by atoms with van der Waals surface area (Å²) in [5.74, 6) is 0.229. The highest BCUT2D eigenvalue weighted by atomic mass is 14.9. The molecular formula is C9H12N4. The quantitative estimate of drug-likeness (QED) is 0.414.